The van der Waals surface area contributed by atoms with E-state index in [0.717, 1.165) is 57.2 Å². The van der Waals surface area contributed by atoms with Crippen LogP contribution in [0, 0.1) is 5.82 Å². The maximum absolute atomic E-state index is 13.9. The fourth-order valence-corrected chi connectivity index (χ4v) is 5.92. The van der Waals surface area contributed by atoms with Crippen LogP contribution in [0.5, 0.6) is 0 Å². The van der Waals surface area contributed by atoms with E-state index in [1.165, 1.54) is 19.2 Å². The quantitative estimate of drug-likeness (QED) is 0.348. The predicted molar refractivity (Wildman–Crippen MR) is 137 cm³/mol. The number of hydrogen-bond donors (Lipinski definition) is 2. The molecule has 2 aromatic heterocycles. The van der Waals surface area contributed by atoms with E-state index < -0.39 is 10.0 Å². The number of rotatable bonds is 5. The molecule has 1 aliphatic rings. The summed E-state index contributed by atoms with van der Waals surface area (Å²) in [6, 6.07) is 17.7. The zero-order valence-corrected chi connectivity index (χ0v) is 20.5. The van der Waals surface area contributed by atoms with Crippen LogP contribution in [0.25, 0.3) is 38.6 Å². The number of H-pyrrole nitrogens is 1. The average molecular weight is 505 g/mol. The molecule has 2 N–H and O–H groups in total. The van der Waals surface area contributed by atoms with E-state index in [2.05, 4.69) is 31.6 Å². The molecule has 0 aliphatic carbocycles. The van der Waals surface area contributed by atoms with Crippen molar-refractivity contribution in [1.82, 2.24) is 19.5 Å². The minimum Gasteiger partial charge on any atom is -0.381 e. The van der Waals surface area contributed by atoms with Gasteiger partial charge in [-0.3, -0.25) is 5.10 Å². The van der Waals surface area contributed by atoms with E-state index in [0.29, 0.717) is 13.2 Å². The van der Waals surface area contributed by atoms with Crippen molar-refractivity contribution < 1.29 is 17.5 Å². The lowest BCUT2D eigenvalue weighted by Gasteiger charge is -2.26. The van der Waals surface area contributed by atoms with Crippen molar-refractivity contribution in [1.29, 1.82) is 0 Å². The number of hydrogen-bond acceptors (Lipinski definition) is 4. The van der Waals surface area contributed by atoms with Gasteiger partial charge in [0, 0.05) is 46.8 Å². The lowest BCUT2D eigenvalue weighted by Crippen LogP contribution is -2.18. The number of halogens is 1. The van der Waals surface area contributed by atoms with Gasteiger partial charge in [0.1, 0.15) is 5.82 Å². The van der Waals surface area contributed by atoms with Gasteiger partial charge in [0.15, 0.2) is 0 Å². The molecule has 1 fully saturated rings. The molecule has 0 amide bonds. The zero-order valence-electron chi connectivity index (χ0n) is 19.7. The first-order chi connectivity index (χ1) is 17.5. The number of benzene rings is 3. The van der Waals surface area contributed by atoms with Gasteiger partial charge in [0.2, 0.25) is 10.0 Å². The summed E-state index contributed by atoms with van der Waals surface area (Å²) in [5.74, 6) is -0.0787. The second kappa shape index (κ2) is 8.85. The molecular formula is C27H25FN4O3S. The highest BCUT2D eigenvalue weighted by Gasteiger charge is 2.28. The summed E-state index contributed by atoms with van der Waals surface area (Å²) in [7, 11) is -2.15. The Hall–Kier alpha value is -3.53. The van der Waals surface area contributed by atoms with E-state index in [1.54, 1.807) is 30.5 Å². The number of aromatic amines is 1. The van der Waals surface area contributed by atoms with Crippen molar-refractivity contribution in [3.05, 3.63) is 78.4 Å². The van der Waals surface area contributed by atoms with Crippen molar-refractivity contribution in [3.63, 3.8) is 0 Å². The van der Waals surface area contributed by atoms with Gasteiger partial charge in [-0.2, -0.15) is 5.10 Å². The Labute approximate surface area is 207 Å². The van der Waals surface area contributed by atoms with E-state index in [-0.39, 0.29) is 16.6 Å². The molecular weight excluding hydrogens is 479 g/mol. The molecule has 0 spiro atoms. The minimum atomic E-state index is -3.55. The third kappa shape index (κ3) is 3.80. The molecule has 1 aliphatic heterocycles. The SMILES string of the molecule is CNS(=O)(=O)c1ccc(-c2c(C3CCOCC3)n(-c3ccc(F)cc3)c3cc4cn[nH]c4cc23)cc1. The fraction of sp³-hybridized carbons (Fsp3) is 0.222. The summed E-state index contributed by atoms with van der Waals surface area (Å²) in [6.07, 6.45) is 3.51. The maximum Gasteiger partial charge on any atom is 0.240 e. The van der Waals surface area contributed by atoms with E-state index in [9.17, 15) is 12.8 Å². The number of fused-ring (bicyclic) bond motifs is 2. The van der Waals surface area contributed by atoms with Crippen molar-refractivity contribution >= 4 is 31.8 Å². The maximum atomic E-state index is 13.9. The van der Waals surface area contributed by atoms with Gasteiger partial charge in [-0.25, -0.2) is 17.5 Å². The van der Waals surface area contributed by atoms with Crippen LogP contribution in [0.15, 0.2) is 71.8 Å². The van der Waals surface area contributed by atoms with Crippen molar-refractivity contribution in [3.8, 4) is 16.8 Å². The number of sulfonamides is 1. The standard InChI is InChI=1S/C27H25FN4O3S/c1-29-36(33,34)22-8-2-17(3-9-22)26-23-15-24-19(16-30-31-24)14-25(23)32(21-6-4-20(28)5-7-21)27(26)18-10-12-35-13-11-18/h2-9,14-16,18,29H,10-13H2,1H3,(H,30,31). The summed E-state index contributed by atoms with van der Waals surface area (Å²) >= 11 is 0. The predicted octanol–water partition coefficient (Wildman–Crippen LogP) is 5.12. The molecule has 0 unspecified atom stereocenters. The van der Waals surface area contributed by atoms with Gasteiger partial charge < -0.3 is 9.30 Å². The molecule has 36 heavy (non-hydrogen) atoms. The highest BCUT2D eigenvalue weighted by Crippen LogP contribution is 2.44. The molecule has 0 atom stereocenters. The lowest BCUT2D eigenvalue weighted by atomic mass is 9.90. The largest absolute Gasteiger partial charge is 0.381 e. The first-order valence-corrected chi connectivity index (χ1v) is 13.3. The molecule has 5 aromatic rings. The van der Waals surface area contributed by atoms with Gasteiger partial charge >= 0.3 is 0 Å². The van der Waals surface area contributed by atoms with E-state index in [1.807, 2.05) is 12.1 Å². The summed E-state index contributed by atoms with van der Waals surface area (Å²) in [4.78, 5) is 0.208. The Morgan fingerprint density at radius 1 is 1.06 bits per heavy atom. The topological polar surface area (TPSA) is 89.0 Å². The van der Waals surface area contributed by atoms with E-state index >= 15 is 0 Å². The Kier molecular flexibility index (Phi) is 5.63. The van der Waals surface area contributed by atoms with Crippen molar-refractivity contribution in [2.24, 2.45) is 0 Å². The van der Waals surface area contributed by atoms with Crippen LogP contribution in [0.4, 0.5) is 4.39 Å². The highest BCUT2D eigenvalue weighted by molar-refractivity contribution is 7.89. The van der Waals surface area contributed by atoms with Crippen LogP contribution in [0.2, 0.25) is 0 Å². The number of aromatic nitrogens is 3. The van der Waals surface area contributed by atoms with Crippen LogP contribution in [0.3, 0.4) is 0 Å². The van der Waals surface area contributed by atoms with Gasteiger partial charge in [0.05, 0.1) is 22.1 Å². The second-order valence-corrected chi connectivity index (χ2v) is 10.9. The lowest BCUT2D eigenvalue weighted by molar-refractivity contribution is 0.0843. The molecule has 9 heteroatoms. The Bertz CT molecular complexity index is 1670. The summed E-state index contributed by atoms with van der Waals surface area (Å²) in [5, 5.41) is 9.26. The third-order valence-corrected chi connectivity index (χ3v) is 8.41. The summed E-state index contributed by atoms with van der Waals surface area (Å²) in [5.41, 5.74) is 5.82. The molecule has 3 aromatic carbocycles. The van der Waals surface area contributed by atoms with Gasteiger partial charge in [-0.05, 0) is 74.0 Å². The second-order valence-electron chi connectivity index (χ2n) is 9.02. The molecule has 0 saturated carbocycles. The van der Waals surface area contributed by atoms with Gasteiger partial charge in [-0.1, -0.05) is 12.1 Å². The van der Waals surface area contributed by atoms with Gasteiger partial charge in [-0.15, -0.1) is 0 Å². The van der Waals surface area contributed by atoms with Crippen LogP contribution in [-0.4, -0.2) is 43.4 Å². The van der Waals surface area contributed by atoms with Crippen LogP contribution in [-0.2, 0) is 14.8 Å². The molecule has 7 nitrogen and oxygen atoms in total. The minimum absolute atomic E-state index is 0.208. The molecule has 1 saturated heterocycles. The fourth-order valence-electron chi connectivity index (χ4n) is 5.19. The first-order valence-electron chi connectivity index (χ1n) is 11.9. The number of nitrogens with zero attached hydrogens (tertiary/aromatic N) is 2. The smallest absolute Gasteiger partial charge is 0.240 e. The zero-order chi connectivity index (χ0) is 24.9. The Balaban J connectivity index is 1.68. The number of nitrogens with one attached hydrogen (secondary N) is 2. The average Bonchev–Trinajstić information content (AvgIpc) is 3.50. The van der Waals surface area contributed by atoms with Crippen LogP contribution < -0.4 is 4.72 Å². The van der Waals surface area contributed by atoms with E-state index in [4.69, 9.17) is 4.74 Å². The first kappa shape index (κ1) is 22.9. The highest BCUT2D eigenvalue weighted by atomic mass is 32.2. The van der Waals surface area contributed by atoms with Crippen molar-refractivity contribution in [2.75, 3.05) is 20.3 Å². The summed E-state index contributed by atoms with van der Waals surface area (Å²) < 4.78 is 48.8. The molecule has 0 bridgehead atoms. The normalized spacial score (nSPS) is 15.2. The van der Waals surface area contributed by atoms with Crippen LogP contribution >= 0.6 is 0 Å². The van der Waals surface area contributed by atoms with Crippen LogP contribution in [0.1, 0.15) is 24.5 Å². The monoisotopic (exact) mass is 504 g/mol. The molecule has 0 radical (unpaired) electrons. The third-order valence-electron chi connectivity index (χ3n) is 6.98. The molecule has 184 valence electrons. The molecule has 3 heterocycles. The Morgan fingerprint density at radius 2 is 1.78 bits per heavy atom. The molecule has 6 rings (SSSR count). The summed E-state index contributed by atoms with van der Waals surface area (Å²) in [6.45, 7) is 1.33. The number of ether oxygens (including phenoxy) is 1. The van der Waals surface area contributed by atoms with Gasteiger partial charge in [0.25, 0.3) is 0 Å². The van der Waals surface area contributed by atoms with Crippen molar-refractivity contribution in [2.45, 2.75) is 23.7 Å². The Morgan fingerprint density at radius 3 is 2.47 bits per heavy atom.